The number of benzene rings is 2. The van der Waals surface area contributed by atoms with E-state index in [2.05, 4.69) is 36.3 Å². The van der Waals surface area contributed by atoms with Crippen molar-refractivity contribution >= 4 is 17.7 Å². The minimum absolute atomic E-state index is 0.134. The van der Waals surface area contributed by atoms with E-state index in [0.717, 1.165) is 17.7 Å². The Kier molecular flexibility index (Phi) is 6.16. The number of nitrogens with one attached hydrogen (secondary N) is 1. The van der Waals surface area contributed by atoms with Gasteiger partial charge in [0.25, 0.3) is 0 Å². The third kappa shape index (κ3) is 5.65. The van der Waals surface area contributed by atoms with Gasteiger partial charge in [-0.25, -0.2) is 0 Å². The Morgan fingerprint density at radius 1 is 0.926 bits per heavy atom. The highest BCUT2D eigenvalue weighted by molar-refractivity contribution is 6.01. The SMILES string of the molecule is CC(C)c1ccc(/C=C/C(=O)Nc2ccc(Cc3ccncc3)cc2)cc1. The lowest BCUT2D eigenvalue weighted by atomic mass is 10.0. The molecule has 0 fully saturated rings. The molecule has 0 unspecified atom stereocenters. The molecule has 0 aliphatic heterocycles. The molecular weight excluding hydrogens is 332 g/mol. The molecule has 1 aromatic heterocycles. The summed E-state index contributed by atoms with van der Waals surface area (Å²) < 4.78 is 0. The fourth-order valence-corrected chi connectivity index (χ4v) is 2.79. The van der Waals surface area contributed by atoms with Crippen LogP contribution in [0.4, 0.5) is 5.69 Å². The van der Waals surface area contributed by atoms with Crippen LogP contribution >= 0.6 is 0 Å². The van der Waals surface area contributed by atoms with Crippen LogP contribution in [-0.4, -0.2) is 10.9 Å². The van der Waals surface area contributed by atoms with E-state index in [1.165, 1.54) is 16.7 Å². The summed E-state index contributed by atoms with van der Waals surface area (Å²) in [4.78, 5) is 16.2. The Labute approximate surface area is 160 Å². The zero-order valence-corrected chi connectivity index (χ0v) is 15.7. The summed E-state index contributed by atoms with van der Waals surface area (Å²) >= 11 is 0. The van der Waals surface area contributed by atoms with Crippen LogP contribution in [0.25, 0.3) is 6.08 Å². The van der Waals surface area contributed by atoms with Gasteiger partial charge in [-0.05, 0) is 64.9 Å². The number of anilines is 1. The van der Waals surface area contributed by atoms with Gasteiger partial charge >= 0.3 is 0 Å². The maximum Gasteiger partial charge on any atom is 0.248 e. The smallest absolute Gasteiger partial charge is 0.248 e. The number of pyridine rings is 1. The standard InChI is InChI=1S/C24H24N2O/c1-18(2)22-8-3-19(4-9-22)7-12-24(27)26-23-10-5-20(6-11-23)17-21-13-15-25-16-14-21/h3-16,18H,17H2,1-2H3,(H,26,27)/b12-7+. The number of hydrogen-bond acceptors (Lipinski definition) is 2. The number of aromatic nitrogens is 1. The molecule has 1 amide bonds. The first-order chi connectivity index (χ1) is 13.1. The van der Waals surface area contributed by atoms with E-state index in [9.17, 15) is 4.79 Å². The molecule has 0 aliphatic carbocycles. The molecule has 0 bridgehead atoms. The van der Waals surface area contributed by atoms with E-state index >= 15 is 0 Å². The van der Waals surface area contributed by atoms with E-state index in [4.69, 9.17) is 0 Å². The van der Waals surface area contributed by atoms with E-state index in [1.807, 2.05) is 54.6 Å². The maximum atomic E-state index is 12.1. The molecule has 0 saturated carbocycles. The topological polar surface area (TPSA) is 42.0 Å². The molecule has 0 atom stereocenters. The molecule has 0 spiro atoms. The first-order valence-electron chi connectivity index (χ1n) is 9.17. The van der Waals surface area contributed by atoms with Gasteiger partial charge in [-0.2, -0.15) is 0 Å². The summed E-state index contributed by atoms with van der Waals surface area (Å²) in [6, 6.07) is 20.2. The average molecular weight is 356 g/mol. The molecule has 2 aromatic carbocycles. The predicted octanol–water partition coefficient (Wildman–Crippen LogP) is 5.45. The van der Waals surface area contributed by atoms with Crippen LogP contribution in [0, 0.1) is 0 Å². The van der Waals surface area contributed by atoms with Gasteiger partial charge < -0.3 is 5.32 Å². The predicted molar refractivity (Wildman–Crippen MR) is 112 cm³/mol. The second-order valence-electron chi connectivity index (χ2n) is 6.87. The number of rotatable bonds is 6. The largest absolute Gasteiger partial charge is 0.323 e. The molecule has 0 radical (unpaired) electrons. The van der Waals surface area contributed by atoms with Crippen LogP contribution in [0.1, 0.15) is 42.0 Å². The van der Waals surface area contributed by atoms with Gasteiger partial charge in [-0.3, -0.25) is 9.78 Å². The molecule has 1 heterocycles. The zero-order valence-electron chi connectivity index (χ0n) is 15.7. The zero-order chi connectivity index (χ0) is 19.1. The second-order valence-corrected chi connectivity index (χ2v) is 6.87. The fourth-order valence-electron chi connectivity index (χ4n) is 2.79. The Morgan fingerprint density at radius 3 is 2.19 bits per heavy atom. The molecule has 3 nitrogen and oxygen atoms in total. The number of carbonyl (C=O) groups excluding carboxylic acids is 1. The van der Waals surface area contributed by atoms with Crippen molar-refractivity contribution in [1.82, 2.24) is 4.98 Å². The fraction of sp³-hybridized carbons (Fsp3) is 0.167. The molecule has 3 aromatic rings. The Balaban J connectivity index is 1.55. The lowest BCUT2D eigenvalue weighted by Crippen LogP contribution is -2.07. The van der Waals surface area contributed by atoms with Gasteiger partial charge in [0.15, 0.2) is 0 Å². The second kappa shape index (κ2) is 8.95. The summed E-state index contributed by atoms with van der Waals surface area (Å²) in [7, 11) is 0. The van der Waals surface area contributed by atoms with Crippen LogP contribution in [0.3, 0.4) is 0 Å². The summed E-state index contributed by atoms with van der Waals surface area (Å²) in [5, 5.41) is 2.90. The van der Waals surface area contributed by atoms with Crippen LogP contribution in [0.2, 0.25) is 0 Å². The Morgan fingerprint density at radius 2 is 1.56 bits per heavy atom. The van der Waals surface area contributed by atoms with Crippen molar-refractivity contribution < 1.29 is 4.79 Å². The van der Waals surface area contributed by atoms with Gasteiger partial charge in [-0.15, -0.1) is 0 Å². The van der Waals surface area contributed by atoms with Crippen molar-refractivity contribution in [2.24, 2.45) is 0 Å². The molecule has 27 heavy (non-hydrogen) atoms. The highest BCUT2D eigenvalue weighted by atomic mass is 16.1. The van der Waals surface area contributed by atoms with Crippen molar-refractivity contribution in [2.75, 3.05) is 5.32 Å². The summed E-state index contributed by atoms with van der Waals surface area (Å²) in [6.45, 7) is 4.33. The quantitative estimate of drug-likeness (QED) is 0.597. The summed E-state index contributed by atoms with van der Waals surface area (Å²) in [5.74, 6) is 0.373. The van der Waals surface area contributed by atoms with E-state index in [0.29, 0.717) is 5.92 Å². The van der Waals surface area contributed by atoms with E-state index < -0.39 is 0 Å². The van der Waals surface area contributed by atoms with Crippen molar-refractivity contribution in [3.63, 3.8) is 0 Å². The molecule has 1 N–H and O–H groups in total. The highest BCUT2D eigenvalue weighted by Crippen LogP contribution is 2.16. The van der Waals surface area contributed by atoms with Gasteiger partial charge in [0.1, 0.15) is 0 Å². The first kappa shape index (κ1) is 18.6. The number of hydrogen-bond donors (Lipinski definition) is 1. The van der Waals surface area contributed by atoms with Gasteiger partial charge in [0, 0.05) is 24.2 Å². The van der Waals surface area contributed by atoms with Crippen LogP contribution in [0.5, 0.6) is 0 Å². The van der Waals surface area contributed by atoms with Crippen LogP contribution in [0.15, 0.2) is 79.1 Å². The van der Waals surface area contributed by atoms with Gasteiger partial charge in [0.05, 0.1) is 0 Å². The summed E-state index contributed by atoms with van der Waals surface area (Å²) in [6.07, 6.45) is 7.84. The van der Waals surface area contributed by atoms with Crippen molar-refractivity contribution in [3.8, 4) is 0 Å². The highest BCUT2D eigenvalue weighted by Gasteiger charge is 2.01. The Bertz CT molecular complexity index is 895. The lowest BCUT2D eigenvalue weighted by molar-refractivity contribution is -0.111. The van der Waals surface area contributed by atoms with E-state index in [1.54, 1.807) is 18.5 Å². The molecular formula is C24H24N2O. The average Bonchev–Trinajstić information content (AvgIpc) is 2.69. The van der Waals surface area contributed by atoms with E-state index in [-0.39, 0.29) is 5.91 Å². The third-order valence-electron chi connectivity index (χ3n) is 4.41. The summed E-state index contributed by atoms with van der Waals surface area (Å²) in [5.41, 5.74) is 5.51. The minimum Gasteiger partial charge on any atom is -0.323 e. The maximum absolute atomic E-state index is 12.1. The molecule has 0 saturated heterocycles. The number of carbonyl (C=O) groups is 1. The number of amides is 1. The van der Waals surface area contributed by atoms with Crippen molar-refractivity contribution in [2.45, 2.75) is 26.2 Å². The molecule has 3 heteroatoms. The van der Waals surface area contributed by atoms with Crippen molar-refractivity contribution in [1.29, 1.82) is 0 Å². The van der Waals surface area contributed by atoms with Gasteiger partial charge in [0.2, 0.25) is 5.91 Å². The lowest BCUT2D eigenvalue weighted by Gasteiger charge is -2.06. The van der Waals surface area contributed by atoms with Crippen LogP contribution < -0.4 is 5.32 Å². The van der Waals surface area contributed by atoms with Gasteiger partial charge in [-0.1, -0.05) is 50.2 Å². The normalized spacial score (nSPS) is 11.1. The Hall–Kier alpha value is -3.20. The minimum atomic E-state index is -0.134. The molecule has 3 rings (SSSR count). The molecule has 136 valence electrons. The van der Waals surface area contributed by atoms with Crippen molar-refractivity contribution in [3.05, 3.63) is 101 Å². The number of nitrogens with zero attached hydrogens (tertiary/aromatic N) is 1. The third-order valence-corrected chi connectivity index (χ3v) is 4.41. The van der Waals surface area contributed by atoms with Crippen LogP contribution in [-0.2, 0) is 11.2 Å². The molecule has 0 aliphatic rings. The first-order valence-corrected chi connectivity index (χ1v) is 9.17. The monoisotopic (exact) mass is 356 g/mol.